The van der Waals surface area contributed by atoms with Crippen LogP contribution in [0.3, 0.4) is 0 Å². The summed E-state index contributed by atoms with van der Waals surface area (Å²) < 4.78 is 5.12. The summed E-state index contributed by atoms with van der Waals surface area (Å²) in [5, 5.41) is 31.9. The van der Waals surface area contributed by atoms with E-state index in [1.165, 1.54) is 0 Å². The van der Waals surface area contributed by atoms with E-state index < -0.39 is 18.5 Å². The summed E-state index contributed by atoms with van der Waals surface area (Å²) in [4.78, 5) is 11.9. The third-order valence-electron chi connectivity index (χ3n) is 3.70. The summed E-state index contributed by atoms with van der Waals surface area (Å²) in [6, 6.07) is 0. The van der Waals surface area contributed by atoms with Gasteiger partial charge in [-0.3, -0.25) is 9.89 Å². The third kappa shape index (κ3) is 5.70. The van der Waals surface area contributed by atoms with Gasteiger partial charge in [-0.25, -0.2) is 0 Å². The van der Waals surface area contributed by atoms with E-state index in [9.17, 15) is 15.0 Å². The Morgan fingerprint density at radius 2 is 2.14 bits per heavy atom. The molecule has 1 aromatic heterocycles. The molecule has 1 aliphatic rings. The number of hydrogen-bond acceptors (Lipinski definition) is 6. The first-order chi connectivity index (χ1) is 10.6. The van der Waals surface area contributed by atoms with Crippen LogP contribution < -0.4 is 5.32 Å². The molecular formula is C14H24N4O4. The van der Waals surface area contributed by atoms with Gasteiger partial charge in [0.05, 0.1) is 11.8 Å². The molecule has 1 aliphatic heterocycles. The van der Waals surface area contributed by atoms with Crippen LogP contribution in [0.1, 0.15) is 44.2 Å². The van der Waals surface area contributed by atoms with E-state index in [4.69, 9.17) is 4.74 Å². The lowest BCUT2D eigenvalue weighted by Crippen LogP contribution is -2.45. The fourth-order valence-electron chi connectivity index (χ4n) is 2.50. The first kappa shape index (κ1) is 16.9. The Kier molecular flexibility index (Phi) is 6.75. The zero-order chi connectivity index (χ0) is 15.8. The van der Waals surface area contributed by atoms with Crippen molar-refractivity contribution in [3.8, 4) is 0 Å². The van der Waals surface area contributed by atoms with Gasteiger partial charge in [0.2, 0.25) is 5.91 Å². The molecule has 1 aromatic rings. The van der Waals surface area contributed by atoms with Crippen molar-refractivity contribution in [3.05, 3.63) is 11.9 Å². The molecule has 0 bridgehead atoms. The van der Waals surface area contributed by atoms with E-state index in [-0.39, 0.29) is 18.7 Å². The molecule has 1 saturated heterocycles. The van der Waals surface area contributed by atoms with Gasteiger partial charge in [0, 0.05) is 25.6 Å². The molecule has 0 aromatic carbocycles. The van der Waals surface area contributed by atoms with Crippen molar-refractivity contribution in [2.45, 2.75) is 63.4 Å². The maximum Gasteiger partial charge on any atom is 0.249 e. The number of carbonyl (C=O) groups excluding carboxylic acids is 1. The van der Waals surface area contributed by atoms with E-state index >= 15 is 0 Å². The molecule has 0 radical (unpaired) electrons. The van der Waals surface area contributed by atoms with Crippen LogP contribution in [0.5, 0.6) is 0 Å². The van der Waals surface area contributed by atoms with Gasteiger partial charge in [-0.2, -0.15) is 0 Å². The number of aryl methyl sites for hydroxylation is 1. The van der Waals surface area contributed by atoms with Crippen LogP contribution in [0.4, 0.5) is 0 Å². The second-order valence-electron chi connectivity index (χ2n) is 5.62. The Hall–Kier alpha value is -1.51. The smallest absolute Gasteiger partial charge is 0.249 e. The average Bonchev–Trinajstić information content (AvgIpc) is 2.98. The van der Waals surface area contributed by atoms with Crippen LogP contribution in [0, 0.1) is 0 Å². The van der Waals surface area contributed by atoms with Crippen LogP contribution >= 0.6 is 0 Å². The average molecular weight is 312 g/mol. The van der Waals surface area contributed by atoms with Crippen LogP contribution in [-0.2, 0) is 16.0 Å². The second kappa shape index (κ2) is 8.82. The van der Waals surface area contributed by atoms with Crippen molar-refractivity contribution >= 4 is 5.91 Å². The largest absolute Gasteiger partial charge is 0.393 e. The summed E-state index contributed by atoms with van der Waals surface area (Å²) in [6.45, 7) is 0.578. The highest BCUT2D eigenvalue weighted by atomic mass is 16.6. The first-order valence-electron chi connectivity index (χ1n) is 7.80. The van der Waals surface area contributed by atoms with Crippen molar-refractivity contribution in [3.63, 3.8) is 0 Å². The van der Waals surface area contributed by atoms with Gasteiger partial charge in [-0.1, -0.05) is 18.1 Å². The molecule has 2 unspecified atom stereocenters. The number of aromatic nitrogens is 3. The highest BCUT2D eigenvalue weighted by Gasteiger charge is 2.31. The van der Waals surface area contributed by atoms with Gasteiger partial charge in [0.15, 0.2) is 6.29 Å². The number of nitrogens with one attached hydrogen (secondary N) is 2. The predicted octanol–water partition coefficient (Wildman–Crippen LogP) is -0.118. The number of aliphatic hydroxyl groups is 2. The van der Waals surface area contributed by atoms with E-state index in [1.54, 1.807) is 6.20 Å². The minimum absolute atomic E-state index is 0.162. The Morgan fingerprint density at radius 3 is 2.86 bits per heavy atom. The van der Waals surface area contributed by atoms with Gasteiger partial charge in [-0.05, 0) is 19.3 Å². The number of unbranched alkanes of at least 4 members (excludes halogenated alkanes) is 3. The van der Waals surface area contributed by atoms with Gasteiger partial charge < -0.3 is 20.3 Å². The predicted molar refractivity (Wildman–Crippen MR) is 77.7 cm³/mol. The quantitative estimate of drug-likeness (QED) is 0.497. The van der Waals surface area contributed by atoms with Crippen molar-refractivity contribution in [2.75, 3.05) is 6.54 Å². The second-order valence-corrected chi connectivity index (χ2v) is 5.62. The minimum Gasteiger partial charge on any atom is -0.393 e. The van der Waals surface area contributed by atoms with Crippen molar-refractivity contribution in [1.29, 1.82) is 0 Å². The summed E-state index contributed by atoms with van der Waals surface area (Å²) in [5.74, 6) is -0.264. The number of ether oxygens (including phenoxy) is 1. The molecule has 22 heavy (non-hydrogen) atoms. The van der Waals surface area contributed by atoms with Gasteiger partial charge in [0.1, 0.15) is 6.10 Å². The molecule has 0 spiro atoms. The van der Waals surface area contributed by atoms with E-state index in [0.717, 1.165) is 37.8 Å². The lowest BCUT2D eigenvalue weighted by atomic mass is 10.0. The molecule has 4 N–H and O–H groups in total. The monoisotopic (exact) mass is 312 g/mol. The molecular weight excluding hydrogens is 288 g/mol. The number of carbonyl (C=O) groups is 1. The normalized spacial score (nSPS) is 25.1. The molecule has 8 heteroatoms. The fraction of sp³-hybridized carbons (Fsp3) is 0.786. The molecule has 2 rings (SSSR count). The van der Waals surface area contributed by atoms with E-state index in [1.807, 2.05) is 0 Å². The maximum absolute atomic E-state index is 11.9. The number of rotatable bonds is 8. The number of hydrogen-bond donors (Lipinski definition) is 4. The molecule has 3 atom stereocenters. The summed E-state index contributed by atoms with van der Waals surface area (Å²) >= 11 is 0. The topological polar surface area (TPSA) is 120 Å². The number of nitrogens with zero attached hydrogens (tertiary/aromatic N) is 2. The van der Waals surface area contributed by atoms with Crippen LogP contribution in [0.15, 0.2) is 6.20 Å². The number of aromatic amines is 1. The zero-order valence-electron chi connectivity index (χ0n) is 12.6. The first-order valence-corrected chi connectivity index (χ1v) is 7.80. The molecule has 0 aliphatic carbocycles. The summed E-state index contributed by atoms with van der Waals surface area (Å²) in [6.07, 6.45) is 4.64. The highest BCUT2D eigenvalue weighted by Crippen LogP contribution is 2.18. The van der Waals surface area contributed by atoms with Gasteiger partial charge in [0.25, 0.3) is 0 Å². The summed E-state index contributed by atoms with van der Waals surface area (Å²) in [5.41, 5.74) is 0.972. The Balaban J connectivity index is 1.50. The Labute approximate surface area is 129 Å². The standard InChI is InChI=1S/C14H24N4O4/c19-11-7-12(22-13(20)8-11)14(21)15-6-4-2-1-3-5-10-9-16-18-17-10/h9,11-13,19-20H,1-8H2,(H,15,21)(H,16,17,18)/t11-,12?,13?/m0/s1. The molecule has 124 valence electrons. The van der Waals surface area contributed by atoms with E-state index in [2.05, 4.69) is 20.7 Å². The van der Waals surface area contributed by atoms with Crippen LogP contribution in [-0.4, -0.2) is 56.6 Å². The van der Waals surface area contributed by atoms with Crippen LogP contribution in [0.25, 0.3) is 0 Å². The lowest BCUT2D eigenvalue weighted by molar-refractivity contribution is -0.194. The number of amides is 1. The van der Waals surface area contributed by atoms with Gasteiger partial charge in [-0.15, -0.1) is 5.10 Å². The van der Waals surface area contributed by atoms with Crippen molar-refractivity contribution in [1.82, 2.24) is 20.7 Å². The number of H-pyrrole nitrogens is 1. The Morgan fingerprint density at radius 1 is 1.32 bits per heavy atom. The minimum atomic E-state index is -1.06. The molecule has 1 amide bonds. The molecule has 0 saturated carbocycles. The van der Waals surface area contributed by atoms with Crippen molar-refractivity contribution < 1.29 is 19.7 Å². The van der Waals surface area contributed by atoms with Crippen molar-refractivity contribution in [2.24, 2.45) is 0 Å². The van der Waals surface area contributed by atoms with Crippen LogP contribution in [0.2, 0.25) is 0 Å². The summed E-state index contributed by atoms with van der Waals surface area (Å²) in [7, 11) is 0. The fourth-order valence-corrected chi connectivity index (χ4v) is 2.50. The molecule has 8 nitrogen and oxygen atoms in total. The SMILES string of the molecule is O=C(NCCCCCCc1c[nH]nn1)C1C[C@H](O)CC(O)O1. The van der Waals surface area contributed by atoms with Gasteiger partial charge >= 0.3 is 0 Å². The third-order valence-corrected chi connectivity index (χ3v) is 3.70. The zero-order valence-corrected chi connectivity index (χ0v) is 12.6. The molecule has 2 heterocycles. The maximum atomic E-state index is 11.9. The lowest BCUT2D eigenvalue weighted by Gasteiger charge is -2.29. The molecule has 1 fully saturated rings. The Bertz CT molecular complexity index is 430. The highest BCUT2D eigenvalue weighted by molar-refractivity contribution is 5.80. The number of aliphatic hydroxyl groups excluding tert-OH is 2. The van der Waals surface area contributed by atoms with E-state index in [0.29, 0.717) is 6.54 Å².